The van der Waals surface area contributed by atoms with Gasteiger partial charge in [0.05, 0.1) is 13.0 Å². The lowest BCUT2D eigenvalue weighted by Crippen LogP contribution is -2.38. The fourth-order valence-corrected chi connectivity index (χ4v) is 0.786. The van der Waals surface area contributed by atoms with E-state index in [0.717, 1.165) is 6.42 Å². The molecule has 0 aromatic carbocycles. The minimum atomic E-state index is -0.757. The molecule has 0 saturated heterocycles. The first-order chi connectivity index (χ1) is 6.07. The van der Waals surface area contributed by atoms with Crippen LogP contribution in [0.4, 0.5) is 0 Å². The molecule has 0 aromatic rings. The lowest BCUT2D eigenvalue weighted by atomic mass is 10.2. The average molecular weight is 206 g/mol. The summed E-state index contributed by atoms with van der Waals surface area (Å²) in [6.07, 6.45) is 0.711. The van der Waals surface area contributed by atoms with E-state index >= 15 is 0 Å². The van der Waals surface area contributed by atoms with Gasteiger partial charge < -0.3 is 10.6 Å². The zero-order chi connectivity index (χ0) is 10.3. The van der Waals surface area contributed by atoms with Crippen molar-refractivity contribution in [3.63, 3.8) is 0 Å². The molecule has 13 heavy (non-hydrogen) atoms. The molecule has 5 nitrogen and oxygen atoms in total. The SMILES string of the molecule is CCCON[C@@H](CC(N)=O)C(=O)S. The Hall–Kier alpha value is -0.590. The first kappa shape index (κ1) is 12.4. The topological polar surface area (TPSA) is 81.4 Å². The summed E-state index contributed by atoms with van der Waals surface area (Å²) in [5.74, 6) is -0.569. The molecule has 0 fully saturated rings. The van der Waals surface area contributed by atoms with Gasteiger partial charge in [-0.1, -0.05) is 6.92 Å². The van der Waals surface area contributed by atoms with Crippen molar-refractivity contribution in [2.45, 2.75) is 25.8 Å². The highest BCUT2D eigenvalue weighted by atomic mass is 32.1. The van der Waals surface area contributed by atoms with Crippen molar-refractivity contribution in [1.82, 2.24) is 5.48 Å². The summed E-state index contributed by atoms with van der Waals surface area (Å²) in [5, 5.41) is -0.463. The van der Waals surface area contributed by atoms with Crippen LogP contribution in [0.3, 0.4) is 0 Å². The molecule has 1 atom stereocenters. The molecule has 0 spiro atoms. The second-order valence-electron chi connectivity index (χ2n) is 2.53. The number of rotatable bonds is 7. The molecular formula is C7H14N2O3S. The number of nitrogens with two attached hydrogens (primary N) is 1. The quantitative estimate of drug-likeness (QED) is 0.301. The maximum absolute atomic E-state index is 10.8. The predicted molar refractivity (Wildman–Crippen MR) is 51.0 cm³/mol. The molecular weight excluding hydrogens is 192 g/mol. The zero-order valence-corrected chi connectivity index (χ0v) is 8.34. The highest BCUT2D eigenvalue weighted by Crippen LogP contribution is 1.96. The number of hydrogen-bond donors (Lipinski definition) is 3. The molecule has 3 N–H and O–H groups in total. The highest BCUT2D eigenvalue weighted by Gasteiger charge is 2.17. The number of carbonyl (C=O) groups is 2. The van der Waals surface area contributed by atoms with Crippen molar-refractivity contribution in [3.05, 3.63) is 0 Å². The van der Waals surface area contributed by atoms with Crippen LogP contribution in [0.25, 0.3) is 0 Å². The molecule has 0 unspecified atom stereocenters. The van der Waals surface area contributed by atoms with Crippen LogP contribution in [-0.2, 0) is 14.4 Å². The van der Waals surface area contributed by atoms with Gasteiger partial charge in [-0.25, -0.2) is 0 Å². The van der Waals surface area contributed by atoms with Crippen LogP contribution in [0.5, 0.6) is 0 Å². The van der Waals surface area contributed by atoms with Crippen molar-refractivity contribution in [3.8, 4) is 0 Å². The third-order valence-electron chi connectivity index (χ3n) is 1.24. The standard InChI is InChI=1S/C7H14N2O3S/c1-2-3-12-9-5(7(11)13)4-6(8)10/h5,9H,2-4H2,1H3,(H2,8,10)(H,11,13)/t5-/m0/s1. The van der Waals surface area contributed by atoms with Crippen LogP contribution in [0.2, 0.25) is 0 Å². The van der Waals surface area contributed by atoms with E-state index in [1.165, 1.54) is 0 Å². The molecule has 0 rings (SSSR count). The molecule has 0 aliphatic heterocycles. The number of nitrogens with one attached hydrogen (secondary N) is 1. The van der Waals surface area contributed by atoms with Gasteiger partial charge in [0.25, 0.3) is 0 Å². The van der Waals surface area contributed by atoms with Crippen molar-refractivity contribution in [1.29, 1.82) is 0 Å². The number of primary amides is 1. The van der Waals surface area contributed by atoms with Crippen molar-refractivity contribution < 1.29 is 14.4 Å². The van der Waals surface area contributed by atoms with Gasteiger partial charge in [-0.05, 0) is 6.42 Å². The minimum Gasteiger partial charge on any atom is -0.370 e. The maximum atomic E-state index is 10.8. The molecule has 76 valence electrons. The lowest BCUT2D eigenvalue weighted by Gasteiger charge is -2.12. The molecule has 0 aliphatic rings. The number of hydrogen-bond acceptors (Lipinski definition) is 4. The Morgan fingerprint density at radius 3 is 2.62 bits per heavy atom. The summed E-state index contributed by atoms with van der Waals surface area (Å²) in [4.78, 5) is 26.2. The van der Waals surface area contributed by atoms with Crippen molar-refractivity contribution in [2.75, 3.05) is 6.61 Å². The van der Waals surface area contributed by atoms with E-state index < -0.39 is 17.1 Å². The van der Waals surface area contributed by atoms with E-state index in [4.69, 9.17) is 10.6 Å². The smallest absolute Gasteiger partial charge is 0.219 e. The summed E-state index contributed by atoms with van der Waals surface area (Å²) < 4.78 is 0. The van der Waals surface area contributed by atoms with Crippen LogP contribution in [-0.4, -0.2) is 23.7 Å². The Balaban J connectivity index is 3.81. The molecule has 0 bridgehead atoms. The Labute approximate surface area is 82.4 Å². The molecule has 0 heterocycles. The highest BCUT2D eigenvalue weighted by molar-refractivity contribution is 7.96. The van der Waals surface area contributed by atoms with Gasteiger partial charge in [0.1, 0.15) is 6.04 Å². The Morgan fingerprint density at radius 2 is 2.23 bits per heavy atom. The van der Waals surface area contributed by atoms with Gasteiger partial charge in [-0.3, -0.25) is 9.59 Å². The van der Waals surface area contributed by atoms with Crippen LogP contribution in [0.15, 0.2) is 0 Å². The molecule has 6 heteroatoms. The second kappa shape index (κ2) is 6.88. The summed E-state index contributed by atoms with van der Waals surface area (Å²) in [7, 11) is 0. The Bertz CT molecular complexity index is 187. The molecule has 0 saturated carbocycles. The first-order valence-corrected chi connectivity index (χ1v) is 4.41. The maximum Gasteiger partial charge on any atom is 0.219 e. The minimum absolute atomic E-state index is 0.105. The first-order valence-electron chi connectivity index (χ1n) is 3.96. The Kier molecular flexibility index (Phi) is 6.56. The van der Waals surface area contributed by atoms with E-state index in [1.54, 1.807) is 0 Å². The Morgan fingerprint density at radius 1 is 1.62 bits per heavy atom. The lowest BCUT2D eigenvalue weighted by molar-refractivity contribution is -0.125. The van der Waals surface area contributed by atoms with Gasteiger partial charge >= 0.3 is 0 Å². The molecule has 0 radical (unpaired) electrons. The molecule has 1 amide bonds. The van der Waals surface area contributed by atoms with Crippen LogP contribution in [0, 0.1) is 0 Å². The van der Waals surface area contributed by atoms with Gasteiger partial charge in [0, 0.05) is 0 Å². The third-order valence-corrected chi connectivity index (χ3v) is 1.55. The van der Waals surface area contributed by atoms with E-state index in [-0.39, 0.29) is 6.42 Å². The van der Waals surface area contributed by atoms with E-state index in [1.807, 2.05) is 6.92 Å². The predicted octanol–water partition coefficient (Wildman–Crippen LogP) is -0.382. The summed E-state index contributed by atoms with van der Waals surface area (Å²) in [6.45, 7) is 2.39. The number of hydroxylamine groups is 1. The van der Waals surface area contributed by atoms with Crippen molar-refractivity contribution in [2.24, 2.45) is 5.73 Å². The summed E-state index contributed by atoms with van der Waals surface area (Å²) >= 11 is 3.58. The van der Waals surface area contributed by atoms with E-state index in [0.29, 0.717) is 6.61 Å². The molecule has 0 aliphatic carbocycles. The zero-order valence-electron chi connectivity index (χ0n) is 7.45. The third kappa shape index (κ3) is 6.56. The van der Waals surface area contributed by atoms with Gasteiger partial charge in [-0.2, -0.15) is 5.48 Å². The van der Waals surface area contributed by atoms with Gasteiger partial charge in [0.15, 0.2) is 0 Å². The van der Waals surface area contributed by atoms with Gasteiger partial charge in [0.2, 0.25) is 11.0 Å². The van der Waals surface area contributed by atoms with Crippen molar-refractivity contribution >= 4 is 23.7 Å². The fraction of sp³-hybridized carbons (Fsp3) is 0.714. The average Bonchev–Trinajstić information content (AvgIpc) is 2.02. The van der Waals surface area contributed by atoms with Crippen LogP contribution in [0.1, 0.15) is 19.8 Å². The fourth-order valence-electron chi connectivity index (χ4n) is 0.642. The van der Waals surface area contributed by atoms with E-state index in [9.17, 15) is 9.59 Å². The largest absolute Gasteiger partial charge is 0.370 e. The second-order valence-corrected chi connectivity index (χ2v) is 2.97. The summed E-state index contributed by atoms with van der Waals surface area (Å²) in [6, 6.07) is -0.757. The monoisotopic (exact) mass is 206 g/mol. The van der Waals surface area contributed by atoms with Gasteiger partial charge in [-0.15, -0.1) is 12.6 Å². The summed E-state index contributed by atoms with van der Waals surface area (Å²) in [5.41, 5.74) is 7.34. The number of amides is 1. The van der Waals surface area contributed by atoms with Crippen LogP contribution >= 0.6 is 12.6 Å². The van der Waals surface area contributed by atoms with E-state index in [2.05, 4.69) is 18.1 Å². The van der Waals surface area contributed by atoms with Crippen LogP contribution < -0.4 is 11.2 Å². The number of thiol groups is 1. The normalized spacial score (nSPS) is 12.5. The molecule has 0 aromatic heterocycles. The number of carbonyl (C=O) groups excluding carboxylic acids is 2.